The van der Waals surface area contributed by atoms with Gasteiger partial charge in [-0.05, 0) is 68.7 Å². The number of benzene rings is 2. The van der Waals surface area contributed by atoms with Crippen molar-refractivity contribution in [2.45, 2.75) is 51.0 Å². The van der Waals surface area contributed by atoms with Crippen LogP contribution in [0.4, 0.5) is 11.4 Å². The van der Waals surface area contributed by atoms with Gasteiger partial charge < -0.3 is 15.1 Å². The smallest absolute Gasteiger partial charge is 0.253 e. The molecule has 1 atom stereocenters. The average molecular weight is 475 g/mol. The van der Waals surface area contributed by atoms with Gasteiger partial charge in [0, 0.05) is 31.7 Å². The molecule has 7 nitrogen and oxygen atoms in total. The Labute approximate surface area is 207 Å². The molecule has 0 aliphatic carbocycles. The standard InChI is InChI=1S/C28H34N4O3/c33-26(29-15-14-21-9-3-1-4-10-21)20-32-25-19-22(27(34)30-16-6-2-7-17-30)12-13-23(25)31-18-8-5-11-24(31)28(32)35/h1,3-4,9-10,12-13,19,24H,2,5-8,11,14-18,20H2,(H,29,33). The number of nitrogens with zero attached hydrogens (tertiary/aromatic N) is 3. The van der Waals surface area contributed by atoms with E-state index in [0.717, 1.165) is 75.8 Å². The minimum atomic E-state index is -0.239. The Balaban J connectivity index is 1.35. The van der Waals surface area contributed by atoms with Gasteiger partial charge in [-0.25, -0.2) is 0 Å². The number of piperidine rings is 2. The van der Waals surface area contributed by atoms with Crippen molar-refractivity contribution in [3.05, 3.63) is 59.7 Å². The molecule has 2 saturated heterocycles. The Bertz CT molecular complexity index is 1080. The first-order valence-electron chi connectivity index (χ1n) is 12.9. The number of hydrogen-bond donors (Lipinski definition) is 1. The highest BCUT2D eigenvalue weighted by Gasteiger charge is 2.40. The van der Waals surface area contributed by atoms with Gasteiger partial charge in [0.1, 0.15) is 12.6 Å². The number of amides is 3. The Kier molecular flexibility index (Phi) is 7.02. The van der Waals surface area contributed by atoms with Crippen LogP contribution in [0.3, 0.4) is 0 Å². The molecule has 0 aromatic heterocycles. The zero-order valence-corrected chi connectivity index (χ0v) is 20.2. The van der Waals surface area contributed by atoms with E-state index in [9.17, 15) is 14.4 Å². The molecule has 35 heavy (non-hydrogen) atoms. The van der Waals surface area contributed by atoms with Crippen molar-refractivity contribution < 1.29 is 14.4 Å². The number of nitrogens with one attached hydrogen (secondary N) is 1. The van der Waals surface area contributed by atoms with Crippen LogP contribution in [0.25, 0.3) is 0 Å². The molecule has 1 N–H and O–H groups in total. The highest BCUT2D eigenvalue weighted by molar-refractivity contribution is 6.09. The van der Waals surface area contributed by atoms with E-state index < -0.39 is 0 Å². The van der Waals surface area contributed by atoms with E-state index in [0.29, 0.717) is 17.8 Å². The summed E-state index contributed by atoms with van der Waals surface area (Å²) in [5.41, 5.74) is 3.37. The van der Waals surface area contributed by atoms with Crippen LogP contribution < -0.4 is 15.1 Å². The first-order chi connectivity index (χ1) is 17.1. The van der Waals surface area contributed by atoms with Crippen LogP contribution in [0.2, 0.25) is 0 Å². The maximum absolute atomic E-state index is 13.5. The van der Waals surface area contributed by atoms with Crippen LogP contribution in [-0.4, -0.2) is 61.4 Å². The second-order valence-electron chi connectivity index (χ2n) is 9.77. The summed E-state index contributed by atoms with van der Waals surface area (Å²) in [5.74, 6) is -0.219. The molecule has 3 aliphatic rings. The summed E-state index contributed by atoms with van der Waals surface area (Å²) < 4.78 is 0. The lowest BCUT2D eigenvalue weighted by molar-refractivity contribution is -0.124. The lowest BCUT2D eigenvalue weighted by Crippen LogP contribution is -2.57. The van der Waals surface area contributed by atoms with E-state index >= 15 is 0 Å². The van der Waals surface area contributed by atoms with Crippen molar-refractivity contribution in [3.63, 3.8) is 0 Å². The summed E-state index contributed by atoms with van der Waals surface area (Å²) in [6, 6.07) is 15.5. The van der Waals surface area contributed by atoms with Crippen molar-refractivity contribution in [2.75, 3.05) is 42.5 Å². The number of hydrogen-bond acceptors (Lipinski definition) is 4. The second kappa shape index (κ2) is 10.5. The summed E-state index contributed by atoms with van der Waals surface area (Å²) in [5, 5.41) is 2.97. The zero-order valence-electron chi connectivity index (χ0n) is 20.2. The predicted molar refractivity (Wildman–Crippen MR) is 137 cm³/mol. The van der Waals surface area contributed by atoms with Gasteiger partial charge in [-0.2, -0.15) is 0 Å². The third kappa shape index (κ3) is 5.04. The molecule has 7 heteroatoms. The number of likely N-dealkylation sites (tertiary alicyclic amines) is 1. The maximum atomic E-state index is 13.5. The normalized spacial score (nSPS) is 19.7. The Morgan fingerprint density at radius 1 is 0.886 bits per heavy atom. The molecule has 0 saturated carbocycles. The fourth-order valence-electron chi connectivity index (χ4n) is 5.52. The van der Waals surface area contributed by atoms with Crippen molar-refractivity contribution >= 4 is 29.1 Å². The monoisotopic (exact) mass is 474 g/mol. The van der Waals surface area contributed by atoms with Crippen molar-refractivity contribution in [3.8, 4) is 0 Å². The minimum Gasteiger partial charge on any atom is -0.358 e. The summed E-state index contributed by atoms with van der Waals surface area (Å²) in [7, 11) is 0. The van der Waals surface area contributed by atoms with E-state index in [1.165, 1.54) is 0 Å². The molecular weight excluding hydrogens is 440 g/mol. The minimum absolute atomic E-state index is 0.00739. The van der Waals surface area contributed by atoms with E-state index in [2.05, 4.69) is 10.2 Å². The van der Waals surface area contributed by atoms with Crippen LogP contribution in [0, 0.1) is 0 Å². The molecule has 5 rings (SSSR count). The molecule has 2 aromatic rings. The van der Waals surface area contributed by atoms with Crippen LogP contribution >= 0.6 is 0 Å². The molecule has 0 bridgehead atoms. The van der Waals surface area contributed by atoms with Crippen LogP contribution in [0.5, 0.6) is 0 Å². The molecule has 1 unspecified atom stereocenters. The molecular formula is C28H34N4O3. The molecule has 184 valence electrons. The van der Waals surface area contributed by atoms with E-state index in [1.807, 2.05) is 53.4 Å². The predicted octanol–water partition coefficient (Wildman–Crippen LogP) is 3.38. The Hall–Kier alpha value is -3.35. The zero-order chi connectivity index (χ0) is 24.2. The third-order valence-corrected chi connectivity index (χ3v) is 7.40. The largest absolute Gasteiger partial charge is 0.358 e. The SMILES string of the molecule is O=C(CN1C(=O)C2CCCCN2c2ccc(C(=O)N3CCCCC3)cc21)NCCc1ccccc1. The van der Waals surface area contributed by atoms with Crippen LogP contribution in [0.1, 0.15) is 54.4 Å². The fraction of sp³-hybridized carbons (Fsp3) is 0.464. The summed E-state index contributed by atoms with van der Waals surface area (Å²) in [6.45, 7) is 2.85. The third-order valence-electron chi connectivity index (χ3n) is 7.40. The number of carbonyl (C=O) groups is 3. The number of fused-ring (bicyclic) bond motifs is 3. The Morgan fingerprint density at radius 3 is 2.46 bits per heavy atom. The molecule has 3 heterocycles. The van der Waals surface area contributed by atoms with Crippen LogP contribution in [0.15, 0.2) is 48.5 Å². The molecule has 3 amide bonds. The number of anilines is 2. The van der Waals surface area contributed by atoms with Gasteiger partial charge in [-0.3, -0.25) is 19.3 Å². The van der Waals surface area contributed by atoms with Crippen molar-refractivity contribution in [2.24, 2.45) is 0 Å². The van der Waals surface area contributed by atoms with Gasteiger partial charge in [-0.15, -0.1) is 0 Å². The van der Waals surface area contributed by atoms with Gasteiger partial charge in [0.15, 0.2) is 0 Å². The van der Waals surface area contributed by atoms with Crippen LogP contribution in [-0.2, 0) is 16.0 Å². The highest BCUT2D eigenvalue weighted by atomic mass is 16.2. The van der Waals surface area contributed by atoms with Gasteiger partial charge in [0.05, 0.1) is 11.4 Å². The molecule has 0 spiro atoms. The van der Waals surface area contributed by atoms with Gasteiger partial charge >= 0.3 is 0 Å². The average Bonchev–Trinajstić information content (AvgIpc) is 2.91. The van der Waals surface area contributed by atoms with Crippen molar-refractivity contribution in [1.29, 1.82) is 0 Å². The maximum Gasteiger partial charge on any atom is 0.253 e. The topological polar surface area (TPSA) is 73.0 Å². The molecule has 2 fully saturated rings. The second-order valence-corrected chi connectivity index (χ2v) is 9.77. The first-order valence-corrected chi connectivity index (χ1v) is 12.9. The number of rotatable bonds is 6. The lowest BCUT2D eigenvalue weighted by Gasteiger charge is -2.45. The summed E-state index contributed by atoms with van der Waals surface area (Å²) >= 11 is 0. The quantitative estimate of drug-likeness (QED) is 0.697. The summed E-state index contributed by atoms with van der Waals surface area (Å²) in [6.07, 6.45) is 6.79. The van der Waals surface area contributed by atoms with E-state index in [-0.39, 0.29) is 30.3 Å². The van der Waals surface area contributed by atoms with E-state index in [4.69, 9.17) is 0 Å². The molecule has 3 aliphatic heterocycles. The van der Waals surface area contributed by atoms with E-state index in [1.54, 1.807) is 4.90 Å². The molecule has 0 radical (unpaired) electrons. The Morgan fingerprint density at radius 2 is 1.66 bits per heavy atom. The lowest BCUT2D eigenvalue weighted by atomic mass is 9.95. The van der Waals surface area contributed by atoms with Gasteiger partial charge in [-0.1, -0.05) is 30.3 Å². The van der Waals surface area contributed by atoms with Crippen molar-refractivity contribution in [1.82, 2.24) is 10.2 Å². The van der Waals surface area contributed by atoms with Gasteiger partial charge in [0.25, 0.3) is 5.91 Å². The van der Waals surface area contributed by atoms with Gasteiger partial charge in [0.2, 0.25) is 11.8 Å². The fourth-order valence-corrected chi connectivity index (χ4v) is 5.52. The number of carbonyl (C=O) groups excluding carboxylic acids is 3. The molecule has 2 aromatic carbocycles. The first kappa shape index (κ1) is 23.4. The summed E-state index contributed by atoms with van der Waals surface area (Å²) in [4.78, 5) is 45.3. The highest BCUT2D eigenvalue weighted by Crippen LogP contribution is 2.40.